The van der Waals surface area contributed by atoms with Crippen molar-refractivity contribution in [3.63, 3.8) is 0 Å². The first-order valence-corrected chi connectivity index (χ1v) is 6.64. The van der Waals surface area contributed by atoms with Crippen molar-refractivity contribution in [2.24, 2.45) is 0 Å². The van der Waals surface area contributed by atoms with E-state index in [-0.39, 0.29) is 0 Å². The first kappa shape index (κ1) is 16.3. The molecule has 7 heteroatoms. The van der Waals surface area contributed by atoms with Crippen LogP contribution in [0.3, 0.4) is 0 Å². The monoisotopic (exact) mass is 298 g/mol. The van der Waals surface area contributed by atoms with Crippen molar-refractivity contribution in [3.8, 4) is 0 Å². The van der Waals surface area contributed by atoms with E-state index in [1.54, 1.807) is 12.1 Å². The van der Waals surface area contributed by atoms with Crippen LogP contribution in [0.2, 0.25) is 0 Å². The molecule has 0 bridgehead atoms. The first-order valence-electron chi connectivity index (χ1n) is 5.86. The summed E-state index contributed by atoms with van der Waals surface area (Å²) < 4.78 is 3.78. The van der Waals surface area contributed by atoms with Crippen molar-refractivity contribution in [3.05, 3.63) is 23.8 Å². The number of carbonyl (C=O) groups is 2. The zero-order valence-corrected chi connectivity index (χ0v) is 13.0. The Bertz CT molecular complexity index is 533. The molecule has 110 valence electrons. The molecule has 1 rings (SSSR count). The van der Waals surface area contributed by atoms with Crippen LogP contribution in [0.25, 0.3) is 0 Å². The van der Waals surface area contributed by atoms with Gasteiger partial charge in [0.25, 0.3) is 6.09 Å². The quantitative estimate of drug-likeness (QED) is 0.471. The van der Waals surface area contributed by atoms with Crippen LogP contribution in [0.5, 0.6) is 0 Å². The number of quaternary nitrogens is 1. The Labute approximate surface area is 122 Å². The van der Waals surface area contributed by atoms with Gasteiger partial charge in [-0.15, -0.1) is 0 Å². The molecule has 20 heavy (non-hydrogen) atoms. The number of aryl methyl sites for hydroxylation is 1. The highest BCUT2D eigenvalue weighted by Crippen LogP contribution is 2.34. The highest BCUT2D eigenvalue weighted by Gasteiger charge is 2.35. The predicted octanol–water partition coefficient (Wildman–Crippen LogP) is 1.76. The summed E-state index contributed by atoms with van der Waals surface area (Å²) >= 11 is 0.532. The van der Waals surface area contributed by atoms with E-state index in [0.717, 1.165) is 11.3 Å². The Kier molecular flexibility index (Phi) is 5.02. The minimum absolute atomic E-state index is 0.434. The Balaban J connectivity index is 3.26. The summed E-state index contributed by atoms with van der Waals surface area (Å²) in [6.45, 7) is 1.88. The number of hydrogen-bond donors (Lipinski definition) is 0. The molecule has 1 aromatic carbocycles. The molecule has 1 aromatic rings. The topological polar surface area (TPSA) is 69.7 Å². The Morgan fingerprint density at radius 2 is 1.95 bits per heavy atom. The molecule has 0 aromatic heterocycles. The second kappa shape index (κ2) is 6.15. The maximum atomic E-state index is 11.4. The van der Waals surface area contributed by atoms with E-state index < -0.39 is 15.3 Å². The zero-order chi connectivity index (χ0) is 15.5. The van der Waals surface area contributed by atoms with Gasteiger partial charge in [-0.2, -0.15) is 3.89 Å². The number of carbonyl (C=O) groups excluding carboxylic acids is 2. The third kappa shape index (κ3) is 3.23. The fourth-order valence-electron chi connectivity index (χ4n) is 1.79. The van der Waals surface area contributed by atoms with Crippen molar-refractivity contribution < 1.29 is 19.4 Å². The molecule has 0 aliphatic carbocycles. The van der Waals surface area contributed by atoms with Crippen LogP contribution in [0, 0.1) is 6.92 Å². The summed E-state index contributed by atoms with van der Waals surface area (Å²) in [6.07, 6.45) is -1.39. The van der Waals surface area contributed by atoms with Gasteiger partial charge in [0.1, 0.15) is 0 Å². The van der Waals surface area contributed by atoms with Gasteiger partial charge in [0.2, 0.25) is 11.9 Å². The molecule has 1 unspecified atom stereocenters. The molecule has 6 nitrogen and oxygen atoms in total. The van der Waals surface area contributed by atoms with Crippen LogP contribution in [0.1, 0.15) is 5.56 Å². The van der Waals surface area contributed by atoms with Gasteiger partial charge in [-0.25, -0.2) is 4.79 Å². The van der Waals surface area contributed by atoms with Gasteiger partial charge < -0.3 is 19.5 Å². The second-order valence-corrected chi connectivity index (χ2v) is 5.85. The Morgan fingerprint density at radius 3 is 2.35 bits per heavy atom. The predicted molar refractivity (Wildman–Crippen MR) is 78.6 cm³/mol. The maximum absolute atomic E-state index is 11.4. The zero-order valence-electron chi connectivity index (χ0n) is 12.2. The van der Waals surface area contributed by atoms with Gasteiger partial charge >= 0.3 is 5.30 Å². The Morgan fingerprint density at radius 1 is 1.35 bits per heavy atom. The SMILES string of the molecule is COC(=O)S[N+](C)(C(=O)[O-])c1ccc(N(C)C)c(C)c1. The molecule has 0 radical (unpaired) electrons. The lowest BCUT2D eigenvalue weighted by Crippen LogP contribution is -2.52. The molecule has 0 spiro atoms. The normalized spacial score (nSPS) is 13.4. The van der Waals surface area contributed by atoms with Crippen molar-refractivity contribution >= 4 is 34.7 Å². The van der Waals surface area contributed by atoms with Crippen LogP contribution in [-0.4, -0.2) is 39.6 Å². The van der Waals surface area contributed by atoms with Gasteiger partial charge in [0.05, 0.1) is 14.2 Å². The molecular weight excluding hydrogens is 280 g/mol. The van der Waals surface area contributed by atoms with Crippen LogP contribution in [0.15, 0.2) is 18.2 Å². The number of benzene rings is 1. The lowest BCUT2D eigenvalue weighted by Gasteiger charge is -2.29. The van der Waals surface area contributed by atoms with Crippen LogP contribution < -0.4 is 13.9 Å². The molecule has 1 amide bonds. The van der Waals surface area contributed by atoms with Crippen LogP contribution in [0.4, 0.5) is 21.0 Å². The minimum Gasteiger partial charge on any atom is -0.497 e. The van der Waals surface area contributed by atoms with Crippen LogP contribution in [-0.2, 0) is 4.74 Å². The summed E-state index contributed by atoms with van der Waals surface area (Å²) in [4.78, 5) is 24.7. The van der Waals surface area contributed by atoms with Crippen molar-refractivity contribution in [2.45, 2.75) is 6.92 Å². The molecule has 0 heterocycles. The van der Waals surface area contributed by atoms with E-state index in [9.17, 15) is 14.7 Å². The van der Waals surface area contributed by atoms with E-state index in [1.165, 1.54) is 14.2 Å². The summed E-state index contributed by atoms with van der Waals surface area (Å²) in [5.74, 6) is 0. The number of methoxy groups -OCH3 is 1. The van der Waals surface area contributed by atoms with Gasteiger partial charge in [-0.1, -0.05) is 0 Å². The molecule has 0 fully saturated rings. The fraction of sp³-hybridized carbons (Fsp3) is 0.385. The van der Waals surface area contributed by atoms with E-state index in [0.29, 0.717) is 17.6 Å². The lowest BCUT2D eigenvalue weighted by molar-refractivity contribution is -0.256. The first-order chi connectivity index (χ1) is 9.22. The average molecular weight is 298 g/mol. The fourth-order valence-corrected chi connectivity index (χ4v) is 2.45. The highest BCUT2D eigenvalue weighted by molar-refractivity contribution is 8.13. The summed E-state index contributed by atoms with van der Waals surface area (Å²) in [7, 11) is 6.38. The highest BCUT2D eigenvalue weighted by atomic mass is 32.2. The molecule has 0 saturated heterocycles. The van der Waals surface area contributed by atoms with Gasteiger partial charge in [-0.05, 0) is 18.6 Å². The Hall–Kier alpha value is -1.73. The molecule has 0 N–H and O–H groups in total. The number of ether oxygens (including phenoxy) is 1. The number of rotatable bonds is 2. The summed E-state index contributed by atoms with van der Waals surface area (Å²) in [5.41, 5.74) is 2.31. The summed E-state index contributed by atoms with van der Waals surface area (Å²) in [5, 5.41) is 10.7. The minimum atomic E-state index is -1.39. The lowest BCUT2D eigenvalue weighted by atomic mass is 10.1. The summed E-state index contributed by atoms with van der Waals surface area (Å²) in [6, 6.07) is 5.19. The number of amides is 1. The smallest absolute Gasteiger partial charge is 0.425 e. The number of nitrogens with zero attached hydrogens (tertiary/aromatic N) is 2. The number of anilines is 1. The molecule has 1 atom stereocenters. The van der Waals surface area contributed by atoms with Gasteiger partial charge in [0, 0.05) is 31.9 Å². The average Bonchev–Trinajstić information content (AvgIpc) is 2.37. The van der Waals surface area contributed by atoms with Gasteiger partial charge in [0.15, 0.2) is 5.69 Å². The third-order valence-corrected chi connectivity index (χ3v) is 3.97. The molecule has 0 aliphatic heterocycles. The van der Waals surface area contributed by atoms with E-state index in [1.807, 2.05) is 32.0 Å². The molecular formula is C13H18N2O4S. The van der Waals surface area contributed by atoms with Crippen LogP contribution >= 0.6 is 11.9 Å². The third-order valence-electron chi connectivity index (χ3n) is 2.93. The van der Waals surface area contributed by atoms with Crippen molar-refractivity contribution in [2.75, 3.05) is 33.2 Å². The van der Waals surface area contributed by atoms with E-state index in [4.69, 9.17) is 0 Å². The molecule has 0 saturated carbocycles. The van der Waals surface area contributed by atoms with Crippen molar-refractivity contribution in [1.29, 1.82) is 0 Å². The number of hydrogen-bond acceptors (Lipinski definition) is 6. The van der Waals surface area contributed by atoms with Crippen molar-refractivity contribution in [1.82, 2.24) is 3.89 Å². The standard InChI is InChI=1S/C13H18N2O4S/c1-9-8-10(6-7-11(9)14(2)3)15(4,12(16)17)20-13(18)19-5/h6-8H,1-5H3. The second-order valence-electron chi connectivity index (χ2n) is 4.60. The maximum Gasteiger partial charge on any atom is 0.425 e. The molecule has 0 aliphatic rings. The van der Waals surface area contributed by atoms with Gasteiger partial charge in [-0.3, -0.25) is 0 Å². The largest absolute Gasteiger partial charge is 0.497 e. The van der Waals surface area contributed by atoms with E-state index >= 15 is 0 Å². The van der Waals surface area contributed by atoms with E-state index in [2.05, 4.69) is 4.74 Å². The number of carboxylic acid groups (broad SMARTS) is 1.